The van der Waals surface area contributed by atoms with Crippen LogP contribution in [0.4, 0.5) is 18.9 Å². The van der Waals surface area contributed by atoms with Crippen LogP contribution in [-0.4, -0.2) is 23.0 Å². The first-order chi connectivity index (χ1) is 10.4. The summed E-state index contributed by atoms with van der Waals surface area (Å²) < 4.78 is 40.1. The van der Waals surface area contributed by atoms with Crippen molar-refractivity contribution >= 4 is 22.3 Å². The summed E-state index contributed by atoms with van der Waals surface area (Å²) in [6.45, 7) is 3.83. The lowest BCUT2D eigenvalue weighted by Crippen LogP contribution is -2.37. The summed E-state index contributed by atoms with van der Waals surface area (Å²) in [6, 6.07) is 7.18. The molecule has 2 heterocycles. The highest BCUT2D eigenvalue weighted by molar-refractivity contribution is 6.14. The minimum absolute atomic E-state index is 0.00238. The summed E-state index contributed by atoms with van der Waals surface area (Å²) >= 11 is 0. The number of rotatable bonds is 2. The Bertz CT molecular complexity index is 737. The summed E-state index contributed by atoms with van der Waals surface area (Å²) in [7, 11) is 0. The molecule has 0 bridgehead atoms. The van der Waals surface area contributed by atoms with Gasteiger partial charge in [0.2, 0.25) is 0 Å². The molecule has 0 aliphatic carbocycles. The Morgan fingerprint density at radius 3 is 2.68 bits per heavy atom. The summed E-state index contributed by atoms with van der Waals surface area (Å²) in [6.07, 6.45) is -3.08. The Balaban J connectivity index is 2.23. The standard InChI is InChI=1S/C16H16F3N3/c1-3-9(2)15-21-13-10-6-4-5-7-12(10)20-8-11(13)14(22-15)16(17,18)19/h4-9,15,21H,3H2,1-2H3. The number of nitrogens with one attached hydrogen (secondary N) is 1. The molecule has 2 unspecified atom stereocenters. The quantitative estimate of drug-likeness (QED) is 0.893. The first-order valence-corrected chi connectivity index (χ1v) is 7.21. The molecule has 116 valence electrons. The Labute approximate surface area is 126 Å². The molecule has 0 spiro atoms. The Kier molecular flexibility index (Phi) is 3.54. The lowest BCUT2D eigenvalue weighted by molar-refractivity contribution is -0.0586. The summed E-state index contributed by atoms with van der Waals surface area (Å²) in [5, 5.41) is 3.85. The number of alkyl halides is 3. The molecule has 0 amide bonds. The van der Waals surface area contributed by atoms with Gasteiger partial charge >= 0.3 is 6.18 Å². The number of nitrogens with zero attached hydrogens (tertiary/aromatic N) is 2. The van der Waals surface area contributed by atoms with Crippen molar-refractivity contribution in [3.8, 4) is 0 Å². The van der Waals surface area contributed by atoms with Crippen LogP contribution in [0.25, 0.3) is 10.9 Å². The zero-order chi connectivity index (χ0) is 15.9. The van der Waals surface area contributed by atoms with Crippen LogP contribution in [0.5, 0.6) is 0 Å². The van der Waals surface area contributed by atoms with Crippen LogP contribution in [-0.2, 0) is 0 Å². The number of fused-ring (bicyclic) bond motifs is 3. The molecular formula is C16H16F3N3. The highest BCUT2D eigenvalue weighted by atomic mass is 19.4. The van der Waals surface area contributed by atoms with Gasteiger partial charge in [-0.05, 0) is 18.4 Å². The van der Waals surface area contributed by atoms with Gasteiger partial charge < -0.3 is 5.32 Å². The predicted octanol–water partition coefficient (Wildman–Crippen LogP) is 4.38. The average molecular weight is 307 g/mol. The van der Waals surface area contributed by atoms with Crippen LogP contribution < -0.4 is 5.32 Å². The molecule has 1 aromatic heterocycles. The molecule has 0 saturated heterocycles. The highest BCUT2D eigenvalue weighted by Gasteiger charge is 2.41. The lowest BCUT2D eigenvalue weighted by atomic mass is 9.98. The van der Waals surface area contributed by atoms with E-state index in [1.165, 1.54) is 6.20 Å². The van der Waals surface area contributed by atoms with Crippen LogP contribution in [0.1, 0.15) is 25.8 Å². The highest BCUT2D eigenvalue weighted by Crippen LogP contribution is 2.36. The molecule has 0 radical (unpaired) electrons. The van der Waals surface area contributed by atoms with Crippen molar-refractivity contribution in [2.24, 2.45) is 10.9 Å². The van der Waals surface area contributed by atoms with Crippen molar-refractivity contribution < 1.29 is 13.2 Å². The van der Waals surface area contributed by atoms with Gasteiger partial charge in [0.25, 0.3) is 0 Å². The molecule has 1 aromatic carbocycles. The van der Waals surface area contributed by atoms with E-state index in [1.807, 2.05) is 19.9 Å². The SMILES string of the molecule is CCC(C)C1N=C(C(F)(F)F)c2cnc3ccccc3c2N1. The molecule has 3 rings (SSSR count). The van der Waals surface area contributed by atoms with Gasteiger partial charge in [0.1, 0.15) is 6.17 Å². The third kappa shape index (κ3) is 2.42. The predicted molar refractivity (Wildman–Crippen MR) is 81.2 cm³/mol. The number of pyridine rings is 1. The fraction of sp³-hybridized carbons (Fsp3) is 0.375. The van der Waals surface area contributed by atoms with E-state index in [1.54, 1.807) is 18.2 Å². The van der Waals surface area contributed by atoms with Crippen molar-refractivity contribution in [2.75, 3.05) is 5.32 Å². The van der Waals surface area contributed by atoms with Crippen molar-refractivity contribution in [1.29, 1.82) is 0 Å². The number of halogens is 3. The van der Waals surface area contributed by atoms with Gasteiger partial charge in [0.05, 0.1) is 11.2 Å². The van der Waals surface area contributed by atoms with Crippen LogP contribution >= 0.6 is 0 Å². The maximum atomic E-state index is 13.4. The number of anilines is 1. The van der Waals surface area contributed by atoms with Crippen LogP contribution in [0.3, 0.4) is 0 Å². The first kappa shape index (κ1) is 14.8. The number of hydrogen-bond donors (Lipinski definition) is 1. The molecule has 3 nitrogen and oxygen atoms in total. The van der Waals surface area contributed by atoms with E-state index in [4.69, 9.17) is 0 Å². The zero-order valence-electron chi connectivity index (χ0n) is 12.3. The Morgan fingerprint density at radius 1 is 1.27 bits per heavy atom. The maximum absolute atomic E-state index is 13.4. The van der Waals surface area contributed by atoms with Crippen LogP contribution in [0.2, 0.25) is 0 Å². The third-order valence-electron chi connectivity index (χ3n) is 4.04. The van der Waals surface area contributed by atoms with Crippen LogP contribution in [0.15, 0.2) is 35.5 Å². The third-order valence-corrected chi connectivity index (χ3v) is 4.04. The van der Waals surface area contributed by atoms with Gasteiger partial charge in [0.15, 0.2) is 5.71 Å². The van der Waals surface area contributed by atoms with E-state index < -0.39 is 18.1 Å². The van der Waals surface area contributed by atoms with Crippen molar-refractivity contribution in [1.82, 2.24) is 4.98 Å². The van der Waals surface area contributed by atoms with Crippen molar-refractivity contribution in [3.05, 3.63) is 36.0 Å². The molecular weight excluding hydrogens is 291 g/mol. The van der Waals surface area contributed by atoms with E-state index in [0.717, 1.165) is 6.42 Å². The van der Waals surface area contributed by atoms with E-state index in [9.17, 15) is 13.2 Å². The number of aliphatic imine (C=N–C) groups is 1. The lowest BCUT2D eigenvalue weighted by Gasteiger charge is -2.30. The summed E-state index contributed by atoms with van der Waals surface area (Å²) in [5.74, 6) is -0.00238. The maximum Gasteiger partial charge on any atom is 0.433 e. The smallest absolute Gasteiger partial charge is 0.362 e. The topological polar surface area (TPSA) is 37.3 Å². The molecule has 22 heavy (non-hydrogen) atoms. The van der Waals surface area contributed by atoms with Gasteiger partial charge in [-0.25, -0.2) is 0 Å². The van der Waals surface area contributed by atoms with E-state index >= 15 is 0 Å². The van der Waals surface area contributed by atoms with Gasteiger partial charge in [-0.3, -0.25) is 9.98 Å². The van der Waals surface area contributed by atoms with E-state index in [-0.39, 0.29) is 11.5 Å². The van der Waals surface area contributed by atoms with Crippen molar-refractivity contribution in [3.63, 3.8) is 0 Å². The number of hydrogen-bond acceptors (Lipinski definition) is 3. The monoisotopic (exact) mass is 307 g/mol. The van der Waals surface area contributed by atoms with E-state index in [2.05, 4.69) is 15.3 Å². The molecule has 1 aliphatic rings. The zero-order valence-corrected chi connectivity index (χ0v) is 12.3. The Hall–Kier alpha value is -2.11. The van der Waals surface area contributed by atoms with E-state index in [0.29, 0.717) is 16.6 Å². The molecule has 6 heteroatoms. The van der Waals surface area contributed by atoms with Gasteiger partial charge in [-0.1, -0.05) is 32.0 Å². The normalized spacial score (nSPS) is 19.3. The fourth-order valence-electron chi connectivity index (χ4n) is 2.58. The Morgan fingerprint density at radius 2 is 2.00 bits per heavy atom. The van der Waals surface area contributed by atoms with Gasteiger partial charge in [-0.2, -0.15) is 13.2 Å². The number of aromatic nitrogens is 1. The summed E-state index contributed by atoms with van der Waals surface area (Å²) in [5.41, 5.74) is 0.314. The van der Waals surface area contributed by atoms with Gasteiger partial charge in [0, 0.05) is 17.1 Å². The molecule has 0 saturated carbocycles. The largest absolute Gasteiger partial charge is 0.433 e. The molecule has 2 aromatic rings. The minimum atomic E-state index is -4.49. The molecule has 1 N–H and O–H groups in total. The first-order valence-electron chi connectivity index (χ1n) is 7.21. The second-order valence-electron chi connectivity index (χ2n) is 5.51. The molecule has 1 aliphatic heterocycles. The minimum Gasteiger partial charge on any atom is -0.362 e. The second kappa shape index (κ2) is 5.26. The number of para-hydroxylation sites is 1. The summed E-state index contributed by atoms with van der Waals surface area (Å²) in [4.78, 5) is 8.04. The average Bonchev–Trinajstić information content (AvgIpc) is 2.51. The number of benzene rings is 1. The molecule has 2 atom stereocenters. The van der Waals surface area contributed by atoms with Crippen molar-refractivity contribution in [2.45, 2.75) is 32.6 Å². The van der Waals surface area contributed by atoms with Gasteiger partial charge in [-0.15, -0.1) is 0 Å². The second-order valence-corrected chi connectivity index (χ2v) is 5.51. The fourth-order valence-corrected chi connectivity index (χ4v) is 2.58. The van der Waals surface area contributed by atoms with Crippen LogP contribution in [0, 0.1) is 5.92 Å². The molecule has 0 fully saturated rings.